The number of nitrogens with zero attached hydrogens (tertiary/aromatic N) is 2. The molecule has 118 valence electrons. The van der Waals surface area contributed by atoms with Gasteiger partial charge in [0, 0.05) is 31.6 Å². The van der Waals surface area contributed by atoms with Crippen molar-refractivity contribution in [2.24, 2.45) is 0 Å². The fourth-order valence-corrected chi connectivity index (χ4v) is 4.05. The first-order chi connectivity index (χ1) is 9.77. The zero-order valence-electron chi connectivity index (χ0n) is 11.8. The maximum Gasteiger partial charge on any atom is 0.246 e. The molecule has 0 spiro atoms. The fraction of sp³-hybridized carbons (Fsp3) is 0.538. The molecule has 0 aromatic heterocycles. The summed E-state index contributed by atoms with van der Waals surface area (Å²) < 4.78 is 53.7. The molecular formula is C13H17ClF2N2O2S. The van der Waals surface area contributed by atoms with Crippen LogP contribution in [0.3, 0.4) is 0 Å². The highest BCUT2D eigenvalue weighted by Gasteiger charge is 2.33. The summed E-state index contributed by atoms with van der Waals surface area (Å²) >= 11 is 5.60. The molecule has 4 nitrogen and oxygen atoms in total. The Hall–Kier alpha value is -0.760. The monoisotopic (exact) mass is 338 g/mol. The average Bonchev–Trinajstić information content (AvgIpc) is 2.44. The summed E-state index contributed by atoms with van der Waals surface area (Å²) in [7, 11) is -2.18. The molecule has 1 aromatic rings. The summed E-state index contributed by atoms with van der Waals surface area (Å²) in [4.78, 5) is 1.37. The van der Waals surface area contributed by atoms with Gasteiger partial charge >= 0.3 is 0 Å². The summed E-state index contributed by atoms with van der Waals surface area (Å²) in [5.41, 5.74) is 0.233. The van der Waals surface area contributed by atoms with E-state index in [1.165, 1.54) is 4.31 Å². The lowest BCUT2D eigenvalue weighted by atomic mass is 10.2. The fourth-order valence-electron chi connectivity index (χ4n) is 2.25. The average molecular weight is 339 g/mol. The number of benzene rings is 1. The molecule has 1 heterocycles. The van der Waals surface area contributed by atoms with Gasteiger partial charge in [-0.2, -0.15) is 4.31 Å². The minimum atomic E-state index is -4.07. The molecule has 1 aromatic carbocycles. The van der Waals surface area contributed by atoms with Crippen molar-refractivity contribution in [1.29, 1.82) is 0 Å². The largest absolute Gasteiger partial charge is 0.301 e. The van der Waals surface area contributed by atoms with Gasteiger partial charge in [-0.15, -0.1) is 11.6 Å². The second-order valence-electron chi connectivity index (χ2n) is 5.22. The van der Waals surface area contributed by atoms with E-state index < -0.39 is 26.6 Å². The van der Waals surface area contributed by atoms with E-state index >= 15 is 0 Å². The first-order valence-corrected chi connectivity index (χ1v) is 8.49. The number of likely N-dealkylation sites (N-methyl/N-ethyl adjacent to an activating group) is 1. The van der Waals surface area contributed by atoms with Crippen LogP contribution in [0.5, 0.6) is 0 Å². The highest BCUT2D eigenvalue weighted by atomic mass is 35.5. The topological polar surface area (TPSA) is 40.6 Å². The molecule has 1 atom stereocenters. The van der Waals surface area contributed by atoms with Crippen LogP contribution in [0.2, 0.25) is 0 Å². The van der Waals surface area contributed by atoms with Crippen molar-refractivity contribution in [3.8, 4) is 0 Å². The van der Waals surface area contributed by atoms with Crippen LogP contribution in [0.25, 0.3) is 0 Å². The van der Waals surface area contributed by atoms with E-state index in [9.17, 15) is 17.2 Å². The second-order valence-corrected chi connectivity index (χ2v) is 7.39. The third-order valence-corrected chi connectivity index (χ3v) is 5.92. The van der Waals surface area contributed by atoms with Gasteiger partial charge in [-0.3, -0.25) is 0 Å². The number of piperazine rings is 1. The second kappa shape index (κ2) is 6.16. The minimum Gasteiger partial charge on any atom is -0.301 e. The van der Waals surface area contributed by atoms with Gasteiger partial charge in [0.05, 0.1) is 0 Å². The SMILES string of the molecule is CC1CN(S(=O)(=O)c2cc(CCl)cc(F)c2F)CCN1C. The molecule has 0 amide bonds. The van der Waals surface area contributed by atoms with Gasteiger partial charge in [-0.05, 0) is 31.7 Å². The quantitative estimate of drug-likeness (QED) is 0.792. The van der Waals surface area contributed by atoms with Gasteiger partial charge in [0.1, 0.15) is 4.90 Å². The standard InChI is InChI=1S/C13H17ClF2N2O2S/c1-9-8-18(4-3-17(9)2)21(19,20)12-6-10(7-14)5-11(15)13(12)16/h5-6,9H,3-4,7-8H2,1-2H3. The zero-order valence-corrected chi connectivity index (χ0v) is 13.4. The molecule has 1 aliphatic heterocycles. The number of alkyl halides is 1. The van der Waals surface area contributed by atoms with Crippen molar-refractivity contribution >= 4 is 21.6 Å². The molecule has 0 N–H and O–H groups in total. The van der Waals surface area contributed by atoms with Crippen LogP contribution in [0.15, 0.2) is 17.0 Å². The van der Waals surface area contributed by atoms with Crippen LogP contribution in [-0.4, -0.2) is 50.3 Å². The Labute approximate surface area is 128 Å². The molecule has 21 heavy (non-hydrogen) atoms. The number of halogens is 3. The van der Waals surface area contributed by atoms with E-state index in [4.69, 9.17) is 11.6 Å². The van der Waals surface area contributed by atoms with Crippen molar-refractivity contribution in [3.63, 3.8) is 0 Å². The highest BCUT2D eigenvalue weighted by molar-refractivity contribution is 7.89. The summed E-state index contributed by atoms with van der Waals surface area (Å²) in [5, 5.41) is 0. The third-order valence-electron chi connectivity index (χ3n) is 3.75. The first kappa shape index (κ1) is 16.6. The van der Waals surface area contributed by atoms with E-state index in [-0.39, 0.29) is 30.6 Å². The van der Waals surface area contributed by atoms with Gasteiger partial charge in [0.2, 0.25) is 10.0 Å². The van der Waals surface area contributed by atoms with Crippen LogP contribution >= 0.6 is 11.6 Å². The van der Waals surface area contributed by atoms with Crippen molar-refractivity contribution in [2.75, 3.05) is 26.7 Å². The number of hydrogen-bond acceptors (Lipinski definition) is 3. The Morgan fingerprint density at radius 3 is 2.57 bits per heavy atom. The number of sulfonamides is 1. The van der Waals surface area contributed by atoms with Crippen LogP contribution < -0.4 is 0 Å². The van der Waals surface area contributed by atoms with E-state index in [0.29, 0.717) is 6.54 Å². The summed E-state index contributed by atoms with van der Waals surface area (Å²) in [6.45, 7) is 2.91. The lowest BCUT2D eigenvalue weighted by molar-refractivity contribution is 0.159. The lowest BCUT2D eigenvalue weighted by Gasteiger charge is -2.36. The van der Waals surface area contributed by atoms with Gasteiger partial charge < -0.3 is 4.90 Å². The van der Waals surface area contributed by atoms with Crippen LogP contribution in [-0.2, 0) is 15.9 Å². The van der Waals surface area contributed by atoms with E-state index in [2.05, 4.69) is 0 Å². The Kier molecular flexibility index (Phi) is 4.87. The molecule has 0 radical (unpaired) electrons. The predicted octanol–water partition coefficient (Wildman–Crippen LogP) is 2.03. The van der Waals surface area contributed by atoms with E-state index in [1.54, 1.807) is 0 Å². The number of rotatable bonds is 3. The van der Waals surface area contributed by atoms with E-state index in [0.717, 1.165) is 12.1 Å². The molecule has 2 rings (SSSR count). The molecule has 1 unspecified atom stereocenters. The van der Waals surface area contributed by atoms with Crippen molar-refractivity contribution < 1.29 is 17.2 Å². The molecular weight excluding hydrogens is 322 g/mol. The Balaban J connectivity index is 2.42. The number of hydrogen-bond donors (Lipinski definition) is 0. The maximum atomic E-state index is 13.9. The predicted molar refractivity (Wildman–Crippen MR) is 76.8 cm³/mol. The maximum absolute atomic E-state index is 13.9. The van der Waals surface area contributed by atoms with Crippen molar-refractivity contribution in [2.45, 2.75) is 23.7 Å². The molecule has 8 heteroatoms. The molecule has 0 saturated carbocycles. The Bertz CT molecular complexity index is 639. The summed E-state index contributed by atoms with van der Waals surface area (Å²) in [6.07, 6.45) is 0. The van der Waals surface area contributed by atoms with Crippen molar-refractivity contribution in [3.05, 3.63) is 29.3 Å². The lowest BCUT2D eigenvalue weighted by Crippen LogP contribution is -2.52. The van der Waals surface area contributed by atoms with Gasteiger partial charge in [-0.25, -0.2) is 17.2 Å². The van der Waals surface area contributed by atoms with Crippen LogP contribution in [0.1, 0.15) is 12.5 Å². The minimum absolute atomic E-state index is 0.0117. The van der Waals surface area contributed by atoms with E-state index in [1.807, 2.05) is 18.9 Å². The molecule has 1 aliphatic rings. The summed E-state index contributed by atoms with van der Waals surface area (Å²) in [6, 6.07) is 2.02. The van der Waals surface area contributed by atoms with Gasteiger partial charge in [0.25, 0.3) is 0 Å². The smallest absolute Gasteiger partial charge is 0.246 e. The first-order valence-electron chi connectivity index (χ1n) is 6.51. The third kappa shape index (κ3) is 3.21. The van der Waals surface area contributed by atoms with Crippen LogP contribution in [0, 0.1) is 11.6 Å². The van der Waals surface area contributed by atoms with Crippen LogP contribution in [0.4, 0.5) is 8.78 Å². The molecule has 1 saturated heterocycles. The highest BCUT2D eigenvalue weighted by Crippen LogP contribution is 2.25. The van der Waals surface area contributed by atoms with Gasteiger partial charge in [-0.1, -0.05) is 0 Å². The molecule has 0 bridgehead atoms. The molecule has 1 fully saturated rings. The van der Waals surface area contributed by atoms with Crippen molar-refractivity contribution in [1.82, 2.24) is 9.21 Å². The Morgan fingerprint density at radius 1 is 1.33 bits per heavy atom. The van der Waals surface area contributed by atoms with Gasteiger partial charge in [0.15, 0.2) is 11.6 Å². The summed E-state index contributed by atoms with van der Waals surface area (Å²) in [5.74, 6) is -2.64. The molecule has 0 aliphatic carbocycles. The zero-order chi connectivity index (χ0) is 15.8. The Morgan fingerprint density at radius 2 is 2.00 bits per heavy atom. The normalized spacial score (nSPS) is 21.7.